The van der Waals surface area contributed by atoms with E-state index in [-0.39, 0.29) is 18.2 Å². The van der Waals surface area contributed by atoms with Gasteiger partial charge in [-0.25, -0.2) is 0 Å². The molecule has 0 bridgehead atoms. The van der Waals surface area contributed by atoms with Gasteiger partial charge in [-0.3, -0.25) is 4.79 Å². The van der Waals surface area contributed by atoms with Crippen LogP contribution in [0.3, 0.4) is 0 Å². The number of amides is 1. The zero-order valence-electron chi connectivity index (χ0n) is 11.3. The van der Waals surface area contributed by atoms with E-state index < -0.39 is 17.7 Å². The Morgan fingerprint density at radius 1 is 1.28 bits per heavy atom. The summed E-state index contributed by atoms with van der Waals surface area (Å²) in [6, 6.07) is 0. The van der Waals surface area contributed by atoms with Crippen molar-refractivity contribution < 1.29 is 23.1 Å². The molecule has 0 radical (unpaired) electrons. The Labute approximate surface area is 106 Å². The molecule has 6 heteroatoms. The molecular weight excluding hydrogens is 247 g/mol. The molecule has 18 heavy (non-hydrogen) atoms. The van der Waals surface area contributed by atoms with E-state index in [4.69, 9.17) is 0 Å². The highest BCUT2D eigenvalue weighted by Gasteiger charge is 2.52. The van der Waals surface area contributed by atoms with E-state index in [9.17, 15) is 23.1 Å². The van der Waals surface area contributed by atoms with Crippen molar-refractivity contribution >= 4 is 5.91 Å². The predicted octanol–water partition coefficient (Wildman–Crippen LogP) is 2.49. The highest BCUT2D eigenvalue weighted by molar-refractivity contribution is 5.77. The molecule has 0 aromatic heterocycles. The molecule has 3 nitrogen and oxygen atoms in total. The molecule has 0 aromatic rings. The van der Waals surface area contributed by atoms with Crippen molar-refractivity contribution in [1.29, 1.82) is 0 Å². The second kappa shape index (κ2) is 6.41. The van der Waals surface area contributed by atoms with Crippen molar-refractivity contribution in [2.45, 2.75) is 52.3 Å². The van der Waals surface area contributed by atoms with Gasteiger partial charge in [0.2, 0.25) is 5.91 Å². The molecule has 0 rings (SSSR count). The summed E-state index contributed by atoms with van der Waals surface area (Å²) in [5, 5.41) is 12.0. The van der Waals surface area contributed by atoms with Crippen LogP contribution in [0.15, 0.2) is 0 Å². The lowest BCUT2D eigenvalue weighted by Crippen LogP contribution is -2.47. The van der Waals surface area contributed by atoms with Crippen molar-refractivity contribution in [2.24, 2.45) is 11.8 Å². The Kier molecular flexibility index (Phi) is 6.13. The van der Waals surface area contributed by atoms with Gasteiger partial charge < -0.3 is 10.4 Å². The monoisotopic (exact) mass is 269 g/mol. The topological polar surface area (TPSA) is 49.3 Å². The summed E-state index contributed by atoms with van der Waals surface area (Å²) in [6.07, 6.45) is -4.02. The average Bonchev–Trinajstić information content (AvgIpc) is 2.21. The van der Waals surface area contributed by atoms with Crippen LogP contribution in [0.25, 0.3) is 0 Å². The number of carbonyl (C=O) groups is 1. The van der Waals surface area contributed by atoms with Crippen LogP contribution in [0, 0.1) is 11.8 Å². The summed E-state index contributed by atoms with van der Waals surface area (Å²) in [4.78, 5) is 11.2. The second-order valence-corrected chi connectivity index (χ2v) is 5.13. The van der Waals surface area contributed by atoms with Gasteiger partial charge in [-0.15, -0.1) is 0 Å². The normalized spacial score (nSPS) is 17.4. The Bertz CT molecular complexity index is 275. The zero-order chi connectivity index (χ0) is 14.6. The van der Waals surface area contributed by atoms with Crippen LogP contribution in [0.5, 0.6) is 0 Å². The molecule has 0 aromatic carbocycles. The third kappa shape index (κ3) is 4.84. The van der Waals surface area contributed by atoms with Crippen LogP contribution < -0.4 is 5.32 Å². The van der Waals surface area contributed by atoms with Crippen molar-refractivity contribution in [3.63, 3.8) is 0 Å². The molecule has 0 saturated heterocycles. The second-order valence-electron chi connectivity index (χ2n) is 5.13. The lowest BCUT2D eigenvalue weighted by Gasteiger charge is -2.32. The van der Waals surface area contributed by atoms with Crippen molar-refractivity contribution in [3.05, 3.63) is 0 Å². The zero-order valence-corrected chi connectivity index (χ0v) is 11.3. The number of rotatable bonds is 6. The first-order valence-electron chi connectivity index (χ1n) is 6.07. The number of hydrogen-bond donors (Lipinski definition) is 2. The third-order valence-electron chi connectivity index (χ3n) is 3.17. The van der Waals surface area contributed by atoms with Crippen molar-refractivity contribution in [1.82, 2.24) is 5.32 Å². The maximum atomic E-state index is 12.5. The first kappa shape index (κ1) is 17.2. The molecule has 2 atom stereocenters. The van der Waals surface area contributed by atoms with Crippen LogP contribution in [-0.2, 0) is 4.79 Å². The van der Waals surface area contributed by atoms with Gasteiger partial charge in [-0.1, -0.05) is 20.8 Å². The Morgan fingerprint density at radius 2 is 1.78 bits per heavy atom. The molecule has 0 fully saturated rings. The summed E-state index contributed by atoms with van der Waals surface area (Å²) >= 11 is 0. The molecule has 108 valence electrons. The molecule has 0 aliphatic rings. The van der Waals surface area contributed by atoms with Crippen LogP contribution in [0.4, 0.5) is 13.2 Å². The minimum atomic E-state index is -4.63. The number of halogens is 3. The van der Waals surface area contributed by atoms with Gasteiger partial charge >= 0.3 is 6.18 Å². The summed E-state index contributed by atoms with van der Waals surface area (Å²) in [7, 11) is 0. The van der Waals surface area contributed by atoms with Crippen LogP contribution in [0.1, 0.15) is 40.5 Å². The van der Waals surface area contributed by atoms with Crippen molar-refractivity contribution in [3.8, 4) is 0 Å². The molecule has 0 spiro atoms. The largest absolute Gasteiger partial charge is 0.417 e. The summed E-state index contributed by atoms with van der Waals surface area (Å²) in [5.74, 6) is -1.17. The van der Waals surface area contributed by atoms with E-state index in [1.165, 1.54) is 6.92 Å². The minimum Gasteiger partial charge on any atom is -0.380 e. The molecule has 0 heterocycles. The number of carbonyl (C=O) groups excluding carboxylic acids is 1. The number of alkyl halides is 3. The standard InChI is InChI=1S/C12H22F3NO2/c1-8(2)10(17)16-7-5-6-9(3)11(4,18)12(13,14)15/h8-9,18H,5-7H2,1-4H3,(H,16,17). The highest BCUT2D eigenvalue weighted by atomic mass is 19.4. The van der Waals surface area contributed by atoms with Gasteiger partial charge in [0.05, 0.1) is 0 Å². The fraction of sp³-hybridized carbons (Fsp3) is 0.917. The van der Waals surface area contributed by atoms with Gasteiger partial charge in [0.15, 0.2) is 5.60 Å². The first-order chi connectivity index (χ1) is 8.00. The molecule has 0 aliphatic carbocycles. The van der Waals surface area contributed by atoms with E-state index in [0.717, 1.165) is 6.92 Å². The van der Waals surface area contributed by atoms with Gasteiger partial charge in [0.25, 0.3) is 0 Å². The predicted molar refractivity (Wildman–Crippen MR) is 62.9 cm³/mol. The van der Waals surface area contributed by atoms with E-state index in [1.807, 2.05) is 0 Å². The highest BCUT2D eigenvalue weighted by Crippen LogP contribution is 2.37. The van der Waals surface area contributed by atoms with E-state index in [0.29, 0.717) is 13.0 Å². The fourth-order valence-electron chi connectivity index (χ4n) is 1.38. The SMILES string of the molecule is CC(C)C(=O)NCCCC(C)C(C)(O)C(F)(F)F. The smallest absolute Gasteiger partial charge is 0.380 e. The lowest BCUT2D eigenvalue weighted by atomic mass is 9.86. The molecule has 0 saturated carbocycles. The van der Waals surface area contributed by atoms with E-state index >= 15 is 0 Å². The Balaban J connectivity index is 4.05. The maximum Gasteiger partial charge on any atom is 0.417 e. The number of hydrogen-bond acceptors (Lipinski definition) is 2. The maximum absolute atomic E-state index is 12.5. The number of nitrogens with one attached hydrogen (secondary N) is 1. The summed E-state index contributed by atoms with van der Waals surface area (Å²) < 4.78 is 37.5. The lowest BCUT2D eigenvalue weighted by molar-refractivity contribution is -0.270. The molecule has 1 amide bonds. The molecule has 2 N–H and O–H groups in total. The van der Waals surface area contributed by atoms with Gasteiger partial charge in [0, 0.05) is 12.5 Å². The van der Waals surface area contributed by atoms with Gasteiger partial charge in [-0.2, -0.15) is 13.2 Å². The number of aliphatic hydroxyl groups is 1. The van der Waals surface area contributed by atoms with Crippen LogP contribution in [-0.4, -0.2) is 29.3 Å². The third-order valence-corrected chi connectivity index (χ3v) is 3.17. The molecule has 0 aliphatic heterocycles. The molecular formula is C12H22F3NO2. The minimum absolute atomic E-state index is 0.120. The fourth-order valence-corrected chi connectivity index (χ4v) is 1.38. The Morgan fingerprint density at radius 3 is 2.17 bits per heavy atom. The summed E-state index contributed by atoms with van der Waals surface area (Å²) in [6.45, 7) is 5.95. The average molecular weight is 269 g/mol. The summed E-state index contributed by atoms with van der Waals surface area (Å²) in [5.41, 5.74) is -2.69. The Hall–Kier alpha value is -0.780. The molecule has 2 unspecified atom stereocenters. The van der Waals surface area contributed by atoms with Gasteiger partial charge in [-0.05, 0) is 25.7 Å². The van der Waals surface area contributed by atoms with Crippen LogP contribution >= 0.6 is 0 Å². The van der Waals surface area contributed by atoms with Gasteiger partial charge in [0.1, 0.15) is 0 Å². The van der Waals surface area contributed by atoms with Crippen LogP contribution in [0.2, 0.25) is 0 Å². The first-order valence-corrected chi connectivity index (χ1v) is 6.07. The van der Waals surface area contributed by atoms with E-state index in [1.54, 1.807) is 13.8 Å². The quantitative estimate of drug-likeness (QED) is 0.728. The van der Waals surface area contributed by atoms with E-state index in [2.05, 4.69) is 5.32 Å². The van der Waals surface area contributed by atoms with Crippen molar-refractivity contribution in [2.75, 3.05) is 6.54 Å².